The van der Waals surface area contributed by atoms with E-state index in [1.54, 1.807) is 36.5 Å². The molecule has 1 amide bonds. The van der Waals surface area contributed by atoms with Gasteiger partial charge < -0.3 is 10.1 Å². The van der Waals surface area contributed by atoms with E-state index in [0.29, 0.717) is 16.9 Å². The number of halogens is 1. The van der Waals surface area contributed by atoms with Gasteiger partial charge >= 0.3 is 0 Å². The number of pyridine rings is 1. The molecule has 1 aromatic heterocycles. The summed E-state index contributed by atoms with van der Waals surface area (Å²) < 4.78 is 45.6. The SMILES string of the molecule is CNS(=O)(=O)c1cccc(CNC(=O)/C=C/c2ccc(Oc3cccnc3)c(F)c2)c1. The van der Waals surface area contributed by atoms with Gasteiger partial charge in [-0.1, -0.05) is 18.2 Å². The number of hydrogen-bond acceptors (Lipinski definition) is 5. The molecule has 0 fully saturated rings. The van der Waals surface area contributed by atoms with E-state index in [1.807, 2.05) is 0 Å². The molecule has 0 aliphatic carbocycles. The summed E-state index contributed by atoms with van der Waals surface area (Å²) in [7, 11) is -2.23. The maximum Gasteiger partial charge on any atom is 0.244 e. The Hall–Kier alpha value is -3.56. The molecule has 2 N–H and O–H groups in total. The van der Waals surface area contributed by atoms with Crippen LogP contribution in [0, 0.1) is 5.82 Å². The number of carbonyl (C=O) groups is 1. The van der Waals surface area contributed by atoms with Gasteiger partial charge in [-0.05, 0) is 60.6 Å². The van der Waals surface area contributed by atoms with E-state index >= 15 is 0 Å². The minimum Gasteiger partial charge on any atom is -0.453 e. The van der Waals surface area contributed by atoms with Crippen LogP contribution in [0.3, 0.4) is 0 Å². The van der Waals surface area contributed by atoms with Gasteiger partial charge in [0.2, 0.25) is 15.9 Å². The zero-order valence-electron chi connectivity index (χ0n) is 16.6. The lowest BCUT2D eigenvalue weighted by molar-refractivity contribution is -0.116. The average Bonchev–Trinajstić information content (AvgIpc) is 2.79. The van der Waals surface area contributed by atoms with Crippen LogP contribution in [-0.4, -0.2) is 26.4 Å². The molecule has 0 unspecified atom stereocenters. The van der Waals surface area contributed by atoms with Crippen molar-refractivity contribution >= 4 is 22.0 Å². The summed E-state index contributed by atoms with van der Waals surface area (Å²) in [5, 5.41) is 2.66. The highest BCUT2D eigenvalue weighted by Gasteiger charge is 2.11. The third-order valence-electron chi connectivity index (χ3n) is 4.19. The molecule has 1 heterocycles. The number of ether oxygens (including phenoxy) is 1. The molecule has 0 radical (unpaired) electrons. The second-order valence-electron chi connectivity index (χ2n) is 6.39. The highest BCUT2D eigenvalue weighted by atomic mass is 32.2. The van der Waals surface area contributed by atoms with Crippen LogP contribution >= 0.6 is 0 Å². The molecule has 0 saturated heterocycles. The molecule has 0 spiro atoms. The molecular weight excluding hydrogens is 421 g/mol. The number of benzene rings is 2. The van der Waals surface area contributed by atoms with Gasteiger partial charge in [-0.15, -0.1) is 0 Å². The minimum atomic E-state index is -3.56. The Morgan fingerprint density at radius 2 is 2.00 bits per heavy atom. The maximum atomic E-state index is 14.3. The summed E-state index contributed by atoms with van der Waals surface area (Å²) in [6.45, 7) is 0.141. The van der Waals surface area contributed by atoms with E-state index in [4.69, 9.17) is 4.74 Å². The lowest BCUT2D eigenvalue weighted by Crippen LogP contribution is -2.21. The number of carbonyl (C=O) groups excluding carboxylic acids is 1. The zero-order chi connectivity index (χ0) is 22.3. The van der Waals surface area contributed by atoms with Crippen molar-refractivity contribution in [1.29, 1.82) is 0 Å². The van der Waals surface area contributed by atoms with Crippen molar-refractivity contribution in [2.75, 3.05) is 7.05 Å². The molecule has 7 nitrogen and oxygen atoms in total. The van der Waals surface area contributed by atoms with Gasteiger partial charge in [0.25, 0.3) is 0 Å². The van der Waals surface area contributed by atoms with Crippen LogP contribution in [0.1, 0.15) is 11.1 Å². The van der Waals surface area contributed by atoms with Crippen LogP contribution < -0.4 is 14.8 Å². The second-order valence-corrected chi connectivity index (χ2v) is 8.27. The lowest BCUT2D eigenvalue weighted by atomic mass is 10.2. The number of nitrogens with one attached hydrogen (secondary N) is 2. The van der Waals surface area contributed by atoms with Crippen molar-refractivity contribution in [1.82, 2.24) is 15.0 Å². The topological polar surface area (TPSA) is 97.4 Å². The Balaban J connectivity index is 1.59. The largest absolute Gasteiger partial charge is 0.453 e. The van der Waals surface area contributed by atoms with Gasteiger partial charge in [0.05, 0.1) is 11.1 Å². The molecule has 9 heteroatoms. The molecule has 0 aliphatic rings. The molecule has 0 atom stereocenters. The smallest absolute Gasteiger partial charge is 0.244 e. The summed E-state index contributed by atoms with van der Waals surface area (Å²) in [6, 6.07) is 13.9. The van der Waals surface area contributed by atoms with Crippen LogP contribution in [0.5, 0.6) is 11.5 Å². The number of sulfonamides is 1. The van der Waals surface area contributed by atoms with E-state index in [1.165, 1.54) is 49.7 Å². The first kappa shape index (κ1) is 22.1. The fourth-order valence-electron chi connectivity index (χ4n) is 2.60. The lowest BCUT2D eigenvalue weighted by Gasteiger charge is -2.07. The molecule has 3 rings (SSSR count). The number of nitrogens with zero attached hydrogens (tertiary/aromatic N) is 1. The van der Waals surface area contributed by atoms with Crippen molar-refractivity contribution in [2.45, 2.75) is 11.4 Å². The van der Waals surface area contributed by atoms with Crippen molar-refractivity contribution in [3.8, 4) is 11.5 Å². The number of aromatic nitrogens is 1. The summed E-state index contributed by atoms with van der Waals surface area (Å²) >= 11 is 0. The highest BCUT2D eigenvalue weighted by Crippen LogP contribution is 2.24. The Morgan fingerprint density at radius 3 is 2.71 bits per heavy atom. The predicted octanol–water partition coefficient (Wildman–Crippen LogP) is 3.25. The van der Waals surface area contributed by atoms with Crippen molar-refractivity contribution in [2.24, 2.45) is 0 Å². The Bertz CT molecular complexity index is 1200. The van der Waals surface area contributed by atoms with Crippen LogP contribution in [-0.2, 0) is 21.4 Å². The van der Waals surface area contributed by atoms with Gasteiger partial charge in [-0.2, -0.15) is 0 Å². The first-order chi connectivity index (χ1) is 14.9. The fraction of sp³-hybridized carbons (Fsp3) is 0.0909. The average molecular weight is 441 g/mol. The van der Waals surface area contributed by atoms with Crippen LogP contribution in [0.25, 0.3) is 6.08 Å². The van der Waals surface area contributed by atoms with Crippen LogP contribution in [0.15, 0.2) is 78.0 Å². The summed E-state index contributed by atoms with van der Waals surface area (Å²) in [4.78, 5) is 16.1. The number of hydrogen-bond donors (Lipinski definition) is 2. The van der Waals surface area contributed by atoms with Gasteiger partial charge in [0.1, 0.15) is 5.75 Å². The van der Waals surface area contributed by atoms with E-state index in [2.05, 4.69) is 15.0 Å². The molecular formula is C22H20FN3O4S. The van der Waals surface area contributed by atoms with Gasteiger partial charge in [0.15, 0.2) is 11.6 Å². The first-order valence-corrected chi connectivity index (χ1v) is 10.7. The second kappa shape index (κ2) is 9.96. The monoisotopic (exact) mass is 441 g/mol. The van der Waals surface area contributed by atoms with E-state index in [-0.39, 0.29) is 17.2 Å². The predicted molar refractivity (Wildman–Crippen MR) is 114 cm³/mol. The first-order valence-electron chi connectivity index (χ1n) is 9.23. The summed E-state index contributed by atoms with van der Waals surface area (Å²) in [5.41, 5.74) is 1.11. The highest BCUT2D eigenvalue weighted by molar-refractivity contribution is 7.89. The molecule has 2 aromatic carbocycles. The Labute approximate surface area is 179 Å². The van der Waals surface area contributed by atoms with E-state index < -0.39 is 21.7 Å². The Kier molecular flexibility index (Phi) is 7.11. The molecule has 0 saturated carbocycles. The van der Waals surface area contributed by atoms with Crippen molar-refractivity contribution in [3.05, 3.63) is 90.0 Å². The summed E-state index contributed by atoms with van der Waals surface area (Å²) in [6.07, 6.45) is 5.80. The molecule has 0 bridgehead atoms. The molecule has 3 aromatic rings. The summed E-state index contributed by atoms with van der Waals surface area (Å²) in [5.74, 6) is -0.520. The zero-order valence-corrected chi connectivity index (χ0v) is 17.4. The van der Waals surface area contributed by atoms with Crippen molar-refractivity contribution < 1.29 is 22.3 Å². The van der Waals surface area contributed by atoms with E-state index in [0.717, 1.165) is 0 Å². The maximum absolute atomic E-state index is 14.3. The molecule has 0 aliphatic heterocycles. The third kappa shape index (κ3) is 6.21. The van der Waals surface area contributed by atoms with Crippen LogP contribution in [0.4, 0.5) is 4.39 Å². The number of rotatable bonds is 8. The Morgan fingerprint density at radius 1 is 1.16 bits per heavy atom. The quantitative estimate of drug-likeness (QED) is 0.523. The molecule has 160 valence electrons. The molecule has 31 heavy (non-hydrogen) atoms. The minimum absolute atomic E-state index is 0.0472. The normalized spacial score (nSPS) is 11.4. The van der Waals surface area contributed by atoms with E-state index in [9.17, 15) is 17.6 Å². The van der Waals surface area contributed by atoms with Gasteiger partial charge in [-0.25, -0.2) is 17.5 Å². The van der Waals surface area contributed by atoms with Crippen molar-refractivity contribution in [3.63, 3.8) is 0 Å². The number of amides is 1. The van der Waals surface area contributed by atoms with Gasteiger partial charge in [0, 0.05) is 18.8 Å². The van der Waals surface area contributed by atoms with Gasteiger partial charge in [-0.3, -0.25) is 9.78 Å². The van der Waals surface area contributed by atoms with Crippen LogP contribution in [0.2, 0.25) is 0 Å². The third-order valence-corrected chi connectivity index (χ3v) is 5.60. The fourth-order valence-corrected chi connectivity index (χ4v) is 3.40. The standard InChI is InChI=1S/C22H20FN3O4S/c1-24-31(28,29)19-6-2-4-17(12-19)14-26-22(27)10-8-16-7-9-21(20(23)13-16)30-18-5-3-11-25-15-18/h2-13,15,24H,14H2,1H3,(H,26,27)/b10-8+.